The van der Waals surface area contributed by atoms with E-state index in [1.807, 2.05) is 24.3 Å². The molecule has 1 heterocycles. The van der Waals surface area contributed by atoms with E-state index in [-0.39, 0.29) is 5.88 Å². The second-order valence-corrected chi connectivity index (χ2v) is 7.58. The lowest BCUT2D eigenvalue weighted by atomic mass is 10.1. The number of hydrogen-bond acceptors (Lipinski definition) is 4. The number of nitrogens with zero attached hydrogens (tertiary/aromatic N) is 2. The van der Waals surface area contributed by atoms with E-state index in [9.17, 15) is 4.79 Å². The van der Waals surface area contributed by atoms with E-state index in [2.05, 4.69) is 48.1 Å². The summed E-state index contributed by atoms with van der Waals surface area (Å²) in [7, 11) is 0. The van der Waals surface area contributed by atoms with Crippen LogP contribution in [-0.2, 0) is 12.8 Å². The van der Waals surface area contributed by atoms with Crippen molar-refractivity contribution >= 4 is 5.97 Å². The zero-order chi connectivity index (χ0) is 21.2. The minimum atomic E-state index is -0.419. The summed E-state index contributed by atoms with van der Waals surface area (Å²) in [6.07, 6.45) is 11.3. The van der Waals surface area contributed by atoms with E-state index < -0.39 is 5.97 Å². The average molecular weight is 403 g/mol. The largest absolute Gasteiger partial charge is 0.402 e. The minimum Gasteiger partial charge on any atom is -0.402 e. The highest BCUT2D eigenvalue weighted by Gasteiger charge is 2.10. The number of unbranched alkanes of at least 4 members (excludes halogenated alkanes) is 3. The number of hydrogen-bond donors (Lipinski definition) is 0. The van der Waals surface area contributed by atoms with Gasteiger partial charge in [-0.05, 0) is 48.9 Å². The first-order chi connectivity index (χ1) is 14.7. The Bertz CT molecular complexity index is 917. The Balaban J connectivity index is 1.57. The van der Waals surface area contributed by atoms with E-state index >= 15 is 0 Å². The highest BCUT2D eigenvalue weighted by Crippen LogP contribution is 2.19. The number of ether oxygens (including phenoxy) is 1. The Kier molecular flexibility index (Phi) is 8.13. The van der Waals surface area contributed by atoms with Crippen LogP contribution in [0, 0.1) is 0 Å². The molecule has 0 radical (unpaired) electrons. The second-order valence-electron chi connectivity index (χ2n) is 7.58. The van der Waals surface area contributed by atoms with Crippen molar-refractivity contribution in [2.45, 2.75) is 58.8 Å². The molecule has 0 aliphatic heterocycles. The van der Waals surface area contributed by atoms with E-state index in [4.69, 9.17) is 4.74 Å². The van der Waals surface area contributed by atoms with Crippen molar-refractivity contribution in [2.24, 2.45) is 0 Å². The van der Waals surface area contributed by atoms with Crippen molar-refractivity contribution in [3.8, 4) is 17.1 Å². The summed E-state index contributed by atoms with van der Waals surface area (Å²) in [6.45, 7) is 4.39. The number of benzene rings is 2. The molecule has 0 bridgehead atoms. The SMILES string of the molecule is CCCCCc1ccc(C(=O)Oc2cnc(-c3ccc(CCCC)cc3)cn2)cc1. The number of carbonyl (C=O) groups is 1. The van der Waals surface area contributed by atoms with Crippen molar-refractivity contribution in [2.75, 3.05) is 0 Å². The van der Waals surface area contributed by atoms with E-state index in [1.54, 1.807) is 6.20 Å². The van der Waals surface area contributed by atoms with Gasteiger partial charge in [-0.3, -0.25) is 0 Å². The molecule has 0 aliphatic rings. The van der Waals surface area contributed by atoms with Gasteiger partial charge in [-0.15, -0.1) is 0 Å². The third-order valence-electron chi connectivity index (χ3n) is 5.15. The van der Waals surface area contributed by atoms with Gasteiger partial charge in [0.25, 0.3) is 0 Å². The lowest BCUT2D eigenvalue weighted by molar-refractivity contribution is 0.0727. The maximum Gasteiger partial charge on any atom is 0.344 e. The maximum absolute atomic E-state index is 12.4. The van der Waals surface area contributed by atoms with Crippen LogP contribution in [-0.4, -0.2) is 15.9 Å². The second kappa shape index (κ2) is 11.2. The number of esters is 1. The Morgan fingerprint density at radius 3 is 2.00 bits per heavy atom. The first kappa shape index (κ1) is 21.7. The van der Waals surface area contributed by atoms with Crippen LogP contribution in [0.2, 0.25) is 0 Å². The van der Waals surface area contributed by atoms with Gasteiger partial charge in [0.1, 0.15) is 0 Å². The summed E-state index contributed by atoms with van der Waals surface area (Å²) in [5.41, 5.74) is 4.84. The predicted octanol–water partition coefficient (Wildman–Crippen LogP) is 6.44. The molecular weight excluding hydrogens is 372 g/mol. The van der Waals surface area contributed by atoms with Crippen LogP contribution in [0.4, 0.5) is 0 Å². The molecule has 0 amide bonds. The molecule has 156 valence electrons. The maximum atomic E-state index is 12.4. The van der Waals surface area contributed by atoms with E-state index in [1.165, 1.54) is 49.4 Å². The van der Waals surface area contributed by atoms with Crippen molar-refractivity contribution < 1.29 is 9.53 Å². The van der Waals surface area contributed by atoms with Gasteiger partial charge in [-0.2, -0.15) is 0 Å². The smallest absolute Gasteiger partial charge is 0.344 e. The van der Waals surface area contributed by atoms with E-state index in [0.29, 0.717) is 5.56 Å². The Labute approximate surface area is 179 Å². The molecule has 1 aromatic heterocycles. The molecule has 0 aliphatic carbocycles. The van der Waals surface area contributed by atoms with Gasteiger partial charge in [-0.25, -0.2) is 14.8 Å². The van der Waals surface area contributed by atoms with Crippen LogP contribution in [0.3, 0.4) is 0 Å². The molecule has 30 heavy (non-hydrogen) atoms. The summed E-state index contributed by atoms with van der Waals surface area (Å²) in [4.78, 5) is 21.0. The molecule has 2 aromatic carbocycles. The summed E-state index contributed by atoms with van der Waals surface area (Å²) in [6, 6.07) is 16.0. The van der Waals surface area contributed by atoms with Gasteiger partial charge >= 0.3 is 5.97 Å². The summed E-state index contributed by atoms with van der Waals surface area (Å²) >= 11 is 0. The quantitative estimate of drug-likeness (QED) is 0.289. The third-order valence-corrected chi connectivity index (χ3v) is 5.15. The molecule has 0 saturated heterocycles. The van der Waals surface area contributed by atoms with Crippen molar-refractivity contribution in [1.29, 1.82) is 0 Å². The molecule has 0 N–H and O–H groups in total. The normalized spacial score (nSPS) is 10.7. The van der Waals surface area contributed by atoms with Gasteiger partial charge in [0, 0.05) is 5.56 Å². The topological polar surface area (TPSA) is 52.1 Å². The lowest BCUT2D eigenvalue weighted by Crippen LogP contribution is -2.09. The number of carbonyl (C=O) groups excluding carboxylic acids is 1. The standard InChI is InChI=1S/C26H30N2O2/c1-3-5-7-9-21-12-16-23(17-13-21)26(29)30-25-19-27-24(18-28-25)22-14-10-20(11-15-22)8-6-4-2/h10-19H,3-9H2,1-2H3. The third kappa shape index (κ3) is 6.24. The monoisotopic (exact) mass is 402 g/mol. The molecule has 3 rings (SSSR count). The molecule has 4 heteroatoms. The molecular formula is C26H30N2O2. The van der Waals surface area contributed by atoms with Gasteiger partial charge < -0.3 is 4.74 Å². The highest BCUT2D eigenvalue weighted by molar-refractivity contribution is 5.90. The summed E-state index contributed by atoms with van der Waals surface area (Å²) in [5, 5.41) is 0. The van der Waals surface area contributed by atoms with Crippen molar-refractivity contribution in [3.05, 3.63) is 77.6 Å². The van der Waals surface area contributed by atoms with Crippen LogP contribution in [0.25, 0.3) is 11.3 Å². The molecule has 0 spiro atoms. The van der Waals surface area contributed by atoms with Crippen LogP contribution in [0.1, 0.15) is 67.4 Å². The van der Waals surface area contributed by atoms with E-state index in [0.717, 1.165) is 24.1 Å². The predicted molar refractivity (Wildman–Crippen MR) is 121 cm³/mol. The molecule has 0 unspecified atom stereocenters. The summed E-state index contributed by atoms with van der Waals surface area (Å²) in [5.74, 6) is -0.215. The fourth-order valence-corrected chi connectivity index (χ4v) is 3.28. The lowest BCUT2D eigenvalue weighted by Gasteiger charge is -2.06. The van der Waals surface area contributed by atoms with Crippen LogP contribution in [0.5, 0.6) is 5.88 Å². The molecule has 4 nitrogen and oxygen atoms in total. The number of rotatable bonds is 10. The van der Waals surface area contributed by atoms with Crippen LogP contribution >= 0.6 is 0 Å². The average Bonchev–Trinajstić information content (AvgIpc) is 2.79. The molecule has 0 saturated carbocycles. The van der Waals surface area contributed by atoms with Gasteiger partial charge in [0.15, 0.2) is 0 Å². The Morgan fingerprint density at radius 2 is 1.40 bits per heavy atom. The zero-order valence-electron chi connectivity index (χ0n) is 17.9. The molecule has 0 atom stereocenters. The minimum absolute atomic E-state index is 0.204. The zero-order valence-corrected chi connectivity index (χ0v) is 17.9. The first-order valence-corrected chi connectivity index (χ1v) is 10.9. The molecule has 0 fully saturated rings. The fourth-order valence-electron chi connectivity index (χ4n) is 3.28. The van der Waals surface area contributed by atoms with Crippen LogP contribution < -0.4 is 4.74 Å². The van der Waals surface area contributed by atoms with Crippen molar-refractivity contribution in [1.82, 2.24) is 9.97 Å². The van der Waals surface area contributed by atoms with Crippen molar-refractivity contribution in [3.63, 3.8) is 0 Å². The van der Waals surface area contributed by atoms with Gasteiger partial charge in [0.05, 0.1) is 23.7 Å². The Hall–Kier alpha value is -3.01. The Morgan fingerprint density at radius 1 is 0.767 bits per heavy atom. The number of aromatic nitrogens is 2. The number of aryl methyl sites for hydroxylation is 2. The van der Waals surface area contributed by atoms with Crippen LogP contribution in [0.15, 0.2) is 60.9 Å². The van der Waals surface area contributed by atoms with Gasteiger partial charge in [0.2, 0.25) is 5.88 Å². The summed E-state index contributed by atoms with van der Waals surface area (Å²) < 4.78 is 5.38. The molecule has 3 aromatic rings. The van der Waals surface area contributed by atoms with Gasteiger partial charge in [-0.1, -0.05) is 69.5 Å². The first-order valence-electron chi connectivity index (χ1n) is 10.9. The highest BCUT2D eigenvalue weighted by atomic mass is 16.5. The fraction of sp³-hybridized carbons (Fsp3) is 0.346.